The molecule has 0 unspecified atom stereocenters. The number of urea groups is 1. The van der Waals surface area contributed by atoms with Crippen molar-refractivity contribution in [1.82, 2.24) is 25.8 Å². The average Bonchev–Trinajstić information content (AvgIpc) is 2.93. The topological polar surface area (TPSA) is 99.8 Å². The first-order chi connectivity index (χ1) is 11.0. The molecule has 0 bridgehead atoms. The predicted molar refractivity (Wildman–Crippen MR) is 92.1 cm³/mol. The van der Waals surface area contributed by atoms with Crippen molar-refractivity contribution in [3.63, 3.8) is 0 Å². The van der Waals surface area contributed by atoms with Gasteiger partial charge in [-0.2, -0.15) is 0 Å². The van der Waals surface area contributed by atoms with Crippen LogP contribution < -0.4 is 10.6 Å². The SMILES string of the molecule is CC(C)NC(=O)NC(=O)CSc1n[nH]c(-c2ccccc2Br)n1. The maximum Gasteiger partial charge on any atom is 0.321 e. The van der Waals surface area contributed by atoms with E-state index in [4.69, 9.17) is 0 Å². The summed E-state index contributed by atoms with van der Waals surface area (Å²) in [4.78, 5) is 27.4. The summed E-state index contributed by atoms with van der Waals surface area (Å²) in [7, 11) is 0. The molecule has 0 aliphatic heterocycles. The number of benzene rings is 1. The van der Waals surface area contributed by atoms with Crippen LogP contribution in [-0.2, 0) is 4.79 Å². The summed E-state index contributed by atoms with van der Waals surface area (Å²) in [6.07, 6.45) is 0. The Labute approximate surface area is 146 Å². The molecule has 0 fully saturated rings. The number of rotatable bonds is 5. The summed E-state index contributed by atoms with van der Waals surface area (Å²) in [6.45, 7) is 3.63. The summed E-state index contributed by atoms with van der Waals surface area (Å²) in [5.41, 5.74) is 0.882. The van der Waals surface area contributed by atoms with Gasteiger partial charge in [-0.3, -0.25) is 15.2 Å². The third-order valence-electron chi connectivity index (χ3n) is 2.60. The number of hydrogen-bond donors (Lipinski definition) is 3. The minimum Gasteiger partial charge on any atom is -0.336 e. The maximum absolute atomic E-state index is 11.7. The molecule has 0 radical (unpaired) electrons. The second-order valence-electron chi connectivity index (χ2n) is 4.91. The number of H-pyrrole nitrogens is 1. The fourth-order valence-electron chi connectivity index (χ4n) is 1.68. The molecule has 23 heavy (non-hydrogen) atoms. The molecule has 0 aliphatic rings. The lowest BCUT2D eigenvalue weighted by atomic mass is 10.2. The Bertz CT molecular complexity index is 704. The number of nitrogens with zero attached hydrogens (tertiary/aromatic N) is 2. The number of amides is 3. The number of halogens is 1. The molecule has 1 aromatic heterocycles. The van der Waals surface area contributed by atoms with Crippen molar-refractivity contribution in [3.05, 3.63) is 28.7 Å². The van der Waals surface area contributed by atoms with Crippen molar-refractivity contribution < 1.29 is 9.59 Å². The van der Waals surface area contributed by atoms with Gasteiger partial charge in [-0.05, 0) is 19.9 Å². The second kappa shape index (κ2) is 8.11. The third-order valence-corrected chi connectivity index (χ3v) is 4.14. The van der Waals surface area contributed by atoms with Crippen molar-refractivity contribution in [2.75, 3.05) is 5.75 Å². The summed E-state index contributed by atoms with van der Waals surface area (Å²) in [5.74, 6) is 0.261. The minimum atomic E-state index is -0.505. The van der Waals surface area contributed by atoms with Gasteiger partial charge in [0.25, 0.3) is 0 Å². The Balaban J connectivity index is 1.89. The smallest absolute Gasteiger partial charge is 0.321 e. The first-order valence-electron chi connectivity index (χ1n) is 6.86. The standard InChI is InChI=1S/C14H16BrN5O2S/c1-8(2)16-13(22)17-11(21)7-23-14-18-12(19-20-14)9-5-3-4-6-10(9)15/h3-6,8H,7H2,1-2H3,(H,18,19,20)(H2,16,17,21,22). The highest BCUT2D eigenvalue weighted by atomic mass is 79.9. The highest BCUT2D eigenvalue weighted by Gasteiger charge is 2.12. The molecule has 0 atom stereocenters. The van der Waals surface area contributed by atoms with Crippen LogP contribution in [0.5, 0.6) is 0 Å². The lowest BCUT2D eigenvalue weighted by molar-refractivity contribution is -0.117. The highest BCUT2D eigenvalue weighted by Crippen LogP contribution is 2.26. The van der Waals surface area contributed by atoms with Crippen molar-refractivity contribution in [2.45, 2.75) is 25.0 Å². The van der Waals surface area contributed by atoms with Gasteiger partial charge in [-0.25, -0.2) is 9.78 Å². The molecule has 1 heterocycles. The van der Waals surface area contributed by atoms with Gasteiger partial charge in [-0.15, -0.1) is 5.10 Å². The molecule has 122 valence electrons. The number of carbonyl (C=O) groups excluding carboxylic acids is 2. The van der Waals surface area contributed by atoms with Crippen molar-refractivity contribution in [1.29, 1.82) is 0 Å². The minimum absolute atomic E-state index is 0.0321. The van der Waals surface area contributed by atoms with Crippen LogP contribution in [0.3, 0.4) is 0 Å². The van der Waals surface area contributed by atoms with E-state index in [-0.39, 0.29) is 11.8 Å². The van der Waals surface area contributed by atoms with Gasteiger partial charge >= 0.3 is 6.03 Å². The summed E-state index contributed by atoms with van der Waals surface area (Å²) < 4.78 is 0.899. The molecular formula is C14H16BrN5O2S. The zero-order chi connectivity index (χ0) is 16.8. The van der Waals surface area contributed by atoms with E-state index in [1.807, 2.05) is 38.1 Å². The van der Waals surface area contributed by atoms with Gasteiger partial charge in [-0.1, -0.05) is 45.9 Å². The normalized spacial score (nSPS) is 10.6. The van der Waals surface area contributed by atoms with E-state index >= 15 is 0 Å². The monoisotopic (exact) mass is 397 g/mol. The van der Waals surface area contributed by atoms with Crippen LogP contribution in [0.2, 0.25) is 0 Å². The summed E-state index contributed by atoms with van der Waals surface area (Å²) >= 11 is 4.60. The predicted octanol–water partition coefficient (Wildman–Crippen LogP) is 2.56. The van der Waals surface area contributed by atoms with Gasteiger partial charge in [0.1, 0.15) is 0 Å². The Kier molecular flexibility index (Phi) is 6.17. The van der Waals surface area contributed by atoms with Gasteiger partial charge in [0, 0.05) is 16.1 Å². The first kappa shape index (κ1) is 17.5. The Morgan fingerprint density at radius 1 is 1.35 bits per heavy atom. The lowest BCUT2D eigenvalue weighted by Crippen LogP contribution is -2.43. The first-order valence-corrected chi connectivity index (χ1v) is 8.64. The lowest BCUT2D eigenvalue weighted by Gasteiger charge is -2.08. The molecule has 9 heteroatoms. The molecule has 0 spiro atoms. The molecule has 3 N–H and O–H groups in total. The van der Waals surface area contributed by atoms with Crippen LogP contribution >= 0.6 is 27.7 Å². The van der Waals surface area contributed by atoms with Crippen molar-refractivity contribution >= 4 is 39.6 Å². The van der Waals surface area contributed by atoms with E-state index in [1.165, 1.54) is 0 Å². The number of carbonyl (C=O) groups is 2. The molecule has 0 saturated heterocycles. The number of aromatic amines is 1. The zero-order valence-corrected chi connectivity index (χ0v) is 15.0. The van der Waals surface area contributed by atoms with E-state index in [0.29, 0.717) is 11.0 Å². The molecule has 0 saturated carbocycles. The number of nitrogens with one attached hydrogen (secondary N) is 3. The van der Waals surface area contributed by atoms with Crippen LogP contribution in [-0.4, -0.2) is 38.9 Å². The third kappa shape index (κ3) is 5.36. The second-order valence-corrected chi connectivity index (χ2v) is 6.71. The number of imide groups is 1. The molecule has 0 aliphatic carbocycles. The van der Waals surface area contributed by atoms with Gasteiger partial charge in [0.2, 0.25) is 11.1 Å². The van der Waals surface area contributed by atoms with Crippen LogP contribution in [0, 0.1) is 0 Å². The Hall–Kier alpha value is -1.87. The zero-order valence-electron chi connectivity index (χ0n) is 12.6. The number of aromatic nitrogens is 3. The van der Waals surface area contributed by atoms with Crippen LogP contribution in [0.4, 0.5) is 4.79 Å². The van der Waals surface area contributed by atoms with E-state index in [9.17, 15) is 9.59 Å². The summed E-state index contributed by atoms with van der Waals surface area (Å²) in [6, 6.07) is 7.08. The molecular weight excluding hydrogens is 382 g/mol. The molecule has 7 nitrogen and oxygen atoms in total. The average molecular weight is 398 g/mol. The Morgan fingerprint density at radius 2 is 2.09 bits per heavy atom. The van der Waals surface area contributed by atoms with E-state index in [0.717, 1.165) is 21.8 Å². The maximum atomic E-state index is 11.7. The van der Waals surface area contributed by atoms with Crippen molar-refractivity contribution in [3.8, 4) is 11.4 Å². The number of hydrogen-bond acceptors (Lipinski definition) is 5. The number of thioether (sulfide) groups is 1. The molecule has 2 rings (SSSR count). The molecule has 1 aromatic carbocycles. The fraction of sp³-hybridized carbons (Fsp3) is 0.286. The largest absolute Gasteiger partial charge is 0.336 e. The van der Waals surface area contributed by atoms with Gasteiger partial charge in [0.05, 0.1) is 5.75 Å². The Morgan fingerprint density at radius 3 is 2.78 bits per heavy atom. The summed E-state index contributed by atoms with van der Waals surface area (Å²) in [5, 5.41) is 12.2. The quantitative estimate of drug-likeness (QED) is 0.673. The van der Waals surface area contributed by atoms with Crippen LogP contribution in [0.1, 0.15) is 13.8 Å². The van der Waals surface area contributed by atoms with Crippen LogP contribution in [0.25, 0.3) is 11.4 Å². The molecule has 3 amide bonds. The molecule has 2 aromatic rings. The fourth-order valence-corrected chi connectivity index (χ4v) is 2.75. The van der Waals surface area contributed by atoms with E-state index in [1.54, 1.807) is 0 Å². The van der Waals surface area contributed by atoms with E-state index < -0.39 is 11.9 Å². The van der Waals surface area contributed by atoms with Crippen LogP contribution in [0.15, 0.2) is 33.9 Å². The van der Waals surface area contributed by atoms with E-state index in [2.05, 4.69) is 41.7 Å². The van der Waals surface area contributed by atoms with Crippen molar-refractivity contribution in [2.24, 2.45) is 0 Å². The van der Waals surface area contributed by atoms with Gasteiger partial charge in [0.15, 0.2) is 5.82 Å². The highest BCUT2D eigenvalue weighted by molar-refractivity contribution is 9.10. The van der Waals surface area contributed by atoms with Gasteiger partial charge < -0.3 is 5.32 Å².